The molecule has 1 saturated heterocycles. The average molecular weight is 461 g/mol. The molecule has 1 aliphatic heterocycles. The Morgan fingerprint density at radius 2 is 1.73 bits per heavy atom. The maximum atomic E-state index is 13.2. The fraction of sp³-hybridized carbons (Fsp3) is 0.762. The minimum atomic E-state index is -0.967. The highest BCUT2D eigenvalue weighted by Gasteiger charge is 2.47. The summed E-state index contributed by atoms with van der Waals surface area (Å²) in [6.07, 6.45) is 9.63. The number of amides is 5. The zero-order chi connectivity index (χ0) is 23.2. The molecule has 0 aromatic carbocycles. The molecule has 2 heterocycles. The molecule has 1 aromatic heterocycles. The Balaban J connectivity index is 1.39. The Morgan fingerprint density at radius 3 is 2.42 bits per heavy atom. The molecule has 0 unspecified atom stereocenters. The lowest BCUT2D eigenvalue weighted by Crippen LogP contribution is -2.51. The normalized spacial score (nSPS) is 22.1. The van der Waals surface area contributed by atoms with Crippen molar-refractivity contribution in [2.24, 2.45) is 5.92 Å². The van der Waals surface area contributed by atoms with Crippen molar-refractivity contribution in [3.05, 3.63) is 5.82 Å². The van der Waals surface area contributed by atoms with Gasteiger partial charge in [-0.15, -0.1) is 10.2 Å². The van der Waals surface area contributed by atoms with Crippen LogP contribution in [0.25, 0.3) is 0 Å². The fourth-order valence-corrected chi connectivity index (χ4v) is 5.15. The van der Waals surface area contributed by atoms with E-state index in [0.717, 1.165) is 62.7 Å². The van der Waals surface area contributed by atoms with E-state index in [1.54, 1.807) is 4.90 Å². The molecule has 3 aliphatic rings. The number of nitrogens with zero attached hydrogens (tertiary/aromatic N) is 5. The maximum Gasteiger partial charge on any atom is 0.327 e. The number of urea groups is 1. The molecule has 1 atom stereocenters. The minimum Gasteiger partial charge on any atom is -0.347 e. The van der Waals surface area contributed by atoms with Gasteiger partial charge in [0.05, 0.1) is 19.6 Å². The van der Waals surface area contributed by atoms with Gasteiger partial charge < -0.3 is 15.5 Å². The smallest absolute Gasteiger partial charge is 0.327 e. The molecule has 2 aliphatic carbocycles. The number of hydrogen-bond donors (Lipinski definition) is 3. The van der Waals surface area contributed by atoms with Crippen LogP contribution in [0.5, 0.6) is 0 Å². The molecule has 1 aromatic rings. The monoisotopic (exact) mass is 460 g/mol. The van der Waals surface area contributed by atoms with E-state index in [2.05, 4.69) is 31.3 Å². The summed E-state index contributed by atoms with van der Waals surface area (Å²) in [5.74, 6) is -0.563. The topological polar surface area (TPSA) is 153 Å². The third kappa shape index (κ3) is 5.66. The molecule has 0 radical (unpaired) electrons. The largest absolute Gasteiger partial charge is 0.347 e. The molecule has 12 nitrogen and oxygen atoms in total. The number of hydrogen-bond acceptors (Lipinski definition) is 7. The second kappa shape index (κ2) is 10.7. The molecular weight excluding hydrogens is 428 g/mol. The van der Waals surface area contributed by atoms with Gasteiger partial charge >= 0.3 is 6.03 Å². The van der Waals surface area contributed by atoms with Crippen LogP contribution in [0, 0.1) is 5.92 Å². The summed E-state index contributed by atoms with van der Waals surface area (Å²) in [5.41, 5.74) is 0. The highest BCUT2D eigenvalue weighted by molar-refractivity contribution is 6.03. The predicted molar refractivity (Wildman–Crippen MR) is 115 cm³/mol. The van der Waals surface area contributed by atoms with Crippen molar-refractivity contribution in [1.29, 1.82) is 0 Å². The van der Waals surface area contributed by atoms with E-state index in [9.17, 15) is 19.2 Å². The number of tetrazole rings is 1. The number of carbonyl (C=O) groups excluding carboxylic acids is 4. The first kappa shape index (κ1) is 23.1. The SMILES string of the molecule is O=C(CC1CCCC1)NCC(=O)N1C(=O)N(C2CCCCC2)C[C@H]1C(=O)NCc1nn[nH]n1. The van der Waals surface area contributed by atoms with Gasteiger partial charge in [-0.2, -0.15) is 5.21 Å². The number of nitrogens with one attached hydrogen (secondary N) is 3. The second-order valence-electron chi connectivity index (χ2n) is 9.18. The molecule has 2 saturated carbocycles. The van der Waals surface area contributed by atoms with Gasteiger partial charge in [-0.1, -0.05) is 37.3 Å². The average Bonchev–Trinajstić information content (AvgIpc) is 3.58. The van der Waals surface area contributed by atoms with Crippen LogP contribution >= 0.6 is 0 Å². The van der Waals surface area contributed by atoms with Gasteiger partial charge in [0, 0.05) is 12.5 Å². The van der Waals surface area contributed by atoms with Crippen molar-refractivity contribution < 1.29 is 19.2 Å². The first-order chi connectivity index (χ1) is 16.0. The van der Waals surface area contributed by atoms with E-state index in [4.69, 9.17) is 0 Å². The fourth-order valence-electron chi connectivity index (χ4n) is 5.15. The molecule has 33 heavy (non-hydrogen) atoms. The molecule has 0 spiro atoms. The van der Waals surface area contributed by atoms with E-state index in [1.165, 1.54) is 0 Å². The van der Waals surface area contributed by atoms with Crippen molar-refractivity contribution in [2.45, 2.75) is 82.8 Å². The summed E-state index contributed by atoms with van der Waals surface area (Å²) < 4.78 is 0. The Bertz CT molecular complexity index is 848. The summed E-state index contributed by atoms with van der Waals surface area (Å²) in [4.78, 5) is 54.1. The third-order valence-corrected chi connectivity index (χ3v) is 6.92. The van der Waals surface area contributed by atoms with Gasteiger partial charge in [-0.05, 0) is 31.6 Å². The summed E-state index contributed by atoms with van der Waals surface area (Å²) in [5, 5.41) is 18.7. The highest BCUT2D eigenvalue weighted by atomic mass is 16.2. The van der Waals surface area contributed by atoms with E-state index in [1.807, 2.05) is 0 Å². The Labute approximate surface area is 192 Å². The zero-order valence-electron chi connectivity index (χ0n) is 18.8. The Hall–Kier alpha value is -3.05. The molecule has 5 amide bonds. The Kier molecular flexibility index (Phi) is 7.50. The minimum absolute atomic E-state index is 0.0218. The number of aromatic nitrogens is 4. The summed E-state index contributed by atoms with van der Waals surface area (Å²) in [7, 11) is 0. The number of imide groups is 1. The number of carbonyl (C=O) groups is 4. The first-order valence-electron chi connectivity index (χ1n) is 11.9. The van der Waals surface area contributed by atoms with Crippen LogP contribution in [0.15, 0.2) is 0 Å². The van der Waals surface area contributed by atoms with Crippen molar-refractivity contribution in [1.82, 2.24) is 41.1 Å². The van der Waals surface area contributed by atoms with Crippen molar-refractivity contribution in [2.75, 3.05) is 13.1 Å². The molecule has 4 rings (SSSR count). The van der Waals surface area contributed by atoms with Gasteiger partial charge in [0.15, 0.2) is 5.82 Å². The lowest BCUT2D eigenvalue weighted by Gasteiger charge is -2.30. The van der Waals surface area contributed by atoms with E-state index < -0.39 is 23.9 Å². The van der Waals surface area contributed by atoms with Crippen LogP contribution in [0.1, 0.15) is 70.0 Å². The van der Waals surface area contributed by atoms with Crippen LogP contribution in [-0.4, -0.2) is 79.3 Å². The quantitative estimate of drug-likeness (QED) is 0.510. The van der Waals surface area contributed by atoms with E-state index in [0.29, 0.717) is 18.2 Å². The second-order valence-corrected chi connectivity index (χ2v) is 9.18. The summed E-state index contributed by atoms with van der Waals surface area (Å²) in [6, 6.07) is -1.41. The van der Waals surface area contributed by atoms with Gasteiger partial charge in [0.2, 0.25) is 11.8 Å². The third-order valence-electron chi connectivity index (χ3n) is 6.92. The number of H-pyrrole nitrogens is 1. The van der Waals surface area contributed by atoms with Crippen LogP contribution in [0.4, 0.5) is 4.79 Å². The molecule has 0 bridgehead atoms. The highest BCUT2D eigenvalue weighted by Crippen LogP contribution is 2.29. The van der Waals surface area contributed by atoms with Crippen LogP contribution in [0.3, 0.4) is 0 Å². The lowest BCUT2D eigenvalue weighted by molar-refractivity contribution is -0.136. The van der Waals surface area contributed by atoms with Crippen LogP contribution < -0.4 is 10.6 Å². The maximum absolute atomic E-state index is 13.2. The van der Waals surface area contributed by atoms with E-state index in [-0.39, 0.29) is 31.6 Å². The standard InChI is InChI=1S/C21H32N8O4/c30-18(10-14-6-4-5-7-14)22-12-19(31)29-16(20(32)23-11-17-24-26-27-25-17)13-28(21(29)33)15-8-2-1-3-9-15/h14-16H,1-13H2,(H,22,30)(H,23,32)(H,24,25,26,27)/t16-/m0/s1. The van der Waals surface area contributed by atoms with Crippen LogP contribution in [-0.2, 0) is 20.9 Å². The van der Waals surface area contributed by atoms with Gasteiger partial charge in [0.1, 0.15) is 6.04 Å². The summed E-state index contributed by atoms with van der Waals surface area (Å²) >= 11 is 0. The molecule has 12 heteroatoms. The lowest BCUT2D eigenvalue weighted by atomic mass is 9.94. The zero-order valence-corrected chi connectivity index (χ0v) is 18.8. The van der Waals surface area contributed by atoms with Crippen molar-refractivity contribution in [3.63, 3.8) is 0 Å². The number of aromatic amines is 1. The van der Waals surface area contributed by atoms with Gasteiger partial charge in [-0.3, -0.25) is 14.4 Å². The van der Waals surface area contributed by atoms with Gasteiger partial charge in [-0.25, -0.2) is 9.69 Å². The van der Waals surface area contributed by atoms with Crippen LogP contribution in [0.2, 0.25) is 0 Å². The van der Waals surface area contributed by atoms with Crippen molar-refractivity contribution in [3.8, 4) is 0 Å². The van der Waals surface area contributed by atoms with E-state index >= 15 is 0 Å². The number of rotatable bonds is 8. The predicted octanol–water partition coefficient (Wildman–Crippen LogP) is 0.478. The molecular formula is C21H32N8O4. The van der Waals surface area contributed by atoms with Crippen molar-refractivity contribution >= 4 is 23.8 Å². The molecule has 3 N–H and O–H groups in total. The molecule has 180 valence electrons. The summed E-state index contributed by atoms with van der Waals surface area (Å²) in [6.45, 7) is -0.128. The first-order valence-corrected chi connectivity index (χ1v) is 11.9. The molecule has 3 fully saturated rings. The van der Waals surface area contributed by atoms with Gasteiger partial charge in [0.25, 0.3) is 5.91 Å². The Morgan fingerprint density at radius 1 is 1.00 bits per heavy atom.